The van der Waals surface area contributed by atoms with Crippen molar-refractivity contribution in [3.8, 4) is 0 Å². The lowest BCUT2D eigenvalue weighted by Crippen LogP contribution is -2.45. The van der Waals surface area contributed by atoms with Crippen LogP contribution in [-0.4, -0.2) is 18.4 Å². The van der Waals surface area contributed by atoms with Gasteiger partial charge in [0, 0.05) is 16.7 Å². The number of aryl methyl sites for hydroxylation is 1. The maximum atomic E-state index is 12.4. The molecule has 0 saturated carbocycles. The monoisotopic (exact) mass is 368 g/mol. The molecule has 0 heterocycles. The molecule has 0 radical (unpaired) electrons. The van der Waals surface area contributed by atoms with Gasteiger partial charge in [-0.3, -0.25) is 9.59 Å². The molecule has 4 nitrogen and oxygen atoms in total. The van der Waals surface area contributed by atoms with Gasteiger partial charge in [0.05, 0.1) is 0 Å². The Morgan fingerprint density at radius 2 is 1.86 bits per heavy atom. The van der Waals surface area contributed by atoms with Gasteiger partial charge in [0.1, 0.15) is 5.41 Å². The molecule has 1 rings (SSSR count). The minimum atomic E-state index is -1.11. The van der Waals surface area contributed by atoms with Crippen molar-refractivity contribution in [1.82, 2.24) is 5.32 Å². The Morgan fingerprint density at radius 1 is 1.23 bits per heavy atom. The first-order valence-electron chi connectivity index (χ1n) is 7.50. The number of halogens is 1. The molecule has 0 bridgehead atoms. The van der Waals surface area contributed by atoms with Crippen molar-refractivity contribution in [1.29, 1.82) is 0 Å². The number of anilines is 1. The molecule has 2 N–H and O–H groups in total. The predicted molar refractivity (Wildman–Crippen MR) is 93.8 cm³/mol. The number of carbonyl (C=O) groups is 2. The maximum absolute atomic E-state index is 12.4. The van der Waals surface area contributed by atoms with Crippen LogP contribution in [0.25, 0.3) is 0 Å². The van der Waals surface area contributed by atoms with Crippen LogP contribution >= 0.6 is 15.9 Å². The molecule has 0 aromatic heterocycles. The van der Waals surface area contributed by atoms with Gasteiger partial charge < -0.3 is 10.6 Å². The summed E-state index contributed by atoms with van der Waals surface area (Å²) in [5.41, 5.74) is 0.601. The maximum Gasteiger partial charge on any atom is 0.239 e. The third-order valence-corrected chi connectivity index (χ3v) is 4.45. The third-order valence-electron chi connectivity index (χ3n) is 3.56. The molecule has 1 aromatic rings. The number of hydrogen-bond donors (Lipinski definition) is 2. The van der Waals surface area contributed by atoms with E-state index in [9.17, 15) is 9.59 Å². The Labute approximate surface area is 141 Å². The molecule has 2 amide bonds. The number of amides is 2. The zero-order valence-corrected chi connectivity index (χ0v) is 15.5. The predicted octanol–water partition coefficient (Wildman–Crippen LogP) is 3.88. The fourth-order valence-electron chi connectivity index (χ4n) is 1.81. The van der Waals surface area contributed by atoms with Crippen molar-refractivity contribution in [2.24, 2.45) is 11.3 Å². The first-order chi connectivity index (χ1) is 10.1. The summed E-state index contributed by atoms with van der Waals surface area (Å²) in [4.78, 5) is 24.6. The number of carbonyl (C=O) groups excluding carboxylic acids is 2. The van der Waals surface area contributed by atoms with Crippen LogP contribution in [-0.2, 0) is 9.59 Å². The lowest BCUT2D eigenvalue weighted by molar-refractivity contribution is -0.138. The molecule has 5 heteroatoms. The van der Waals surface area contributed by atoms with Gasteiger partial charge in [-0.15, -0.1) is 0 Å². The minimum absolute atomic E-state index is 0.250. The SMILES string of the molecule is Cc1cc(NC(=O)C(C)(C)C(=O)NCCC(C)C)ccc1Br. The van der Waals surface area contributed by atoms with E-state index in [-0.39, 0.29) is 11.8 Å². The van der Waals surface area contributed by atoms with Crippen LogP contribution in [0.3, 0.4) is 0 Å². The lowest BCUT2D eigenvalue weighted by atomic mass is 9.90. The van der Waals surface area contributed by atoms with Crippen molar-refractivity contribution in [3.63, 3.8) is 0 Å². The highest BCUT2D eigenvalue weighted by Crippen LogP contribution is 2.23. The van der Waals surface area contributed by atoms with E-state index in [0.29, 0.717) is 18.2 Å². The van der Waals surface area contributed by atoms with E-state index < -0.39 is 5.41 Å². The van der Waals surface area contributed by atoms with Gasteiger partial charge in [0.2, 0.25) is 11.8 Å². The van der Waals surface area contributed by atoms with Crippen LogP contribution in [0, 0.1) is 18.3 Å². The molecule has 22 heavy (non-hydrogen) atoms. The quantitative estimate of drug-likeness (QED) is 0.748. The zero-order valence-electron chi connectivity index (χ0n) is 13.9. The van der Waals surface area contributed by atoms with Gasteiger partial charge >= 0.3 is 0 Å². The molecule has 1 aromatic carbocycles. The Kier molecular flexibility index (Phi) is 6.60. The van der Waals surface area contributed by atoms with Crippen LogP contribution in [0.4, 0.5) is 5.69 Å². The van der Waals surface area contributed by atoms with Crippen molar-refractivity contribution >= 4 is 33.4 Å². The molecule has 0 saturated heterocycles. The molecular formula is C17H25BrN2O2. The van der Waals surface area contributed by atoms with Gasteiger partial charge in [0.25, 0.3) is 0 Å². The van der Waals surface area contributed by atoms with E-state index in [2.05, 4.69) is 40.4 Å². The van der Waals surface area contributed by atoms with E-state index in [1.807, 2.05) is 25.1 Å². The second kappa shape index (κ2) is 7.77. The summed E-state index contributed by atoms with van der Waals surface area (Å²) in [6, 6.07) is 5.55. The molecule has 122 valence electrons. The number of rotatable bonds is 6. The van der Waals surface area contributed by atoms with E-state index in [4.69, 9.17) is 0 Å². The van der Waals surface area contributed by atoms with Gasteiger partial charge in [-0.2, -0.15) is 0 Å². The average Bonchev–Trinajstić information content (AvgIpc) is 2.42. The number of nitrogens with one attached hydrogen (secondary N) is 2. The highest BCUT2D eigenvalue weighted by atomic mass is 79.9. The summed E-state index contributed by atoms with van der Waals surface area (Å²) in [6.45, 7) is 10.0. The highest BCUT2D eigenvalue weighted by Gasteiger charge is 2.35. The summed E-state index contributed by atoms with van der Waals surface area (Å²) >= 11 is 3.42. The Bertz CT molecular complexity index is 554. The van der Waals surface area contributed by atoms with E-state index >= 15 is 0 Å². The topological polar surface area (TPSA) is 58.2 Å². The van der Waals surface area contributed by atoms with Gasteiger partial charge in [-0.05, 0) is 56.9 Å². The summed E-state index contributed by atoms with van der Waals surface area (Å²) < 4.78 is 0.983. The highest BCUT2D eigenvalue weighted by molar-refractivity contribution is 9.10. The van der Waals surface area contributed by atoms with Gasteiger partial charge in [0.15, 0.2) is 0 Å². The lowest BCUT2D eigenvalue weighted by Gasteiger charge is -2.23. The van der Waals surface area contributed by atoms with E-state index in [1.54, 1.807) is 13.8 Å². The summed E-state index contributed by atoms with van der Waals surface area (Å²) in [5, 5.41) is 5.64. The summed E-state index contributed by atoms with van der Waals surface area (Å²) in [5.74, 6) is -0.0428. The smallest absolute Gasteiger partial charge is 0.239 e. The van der Waals surface area contributed by atoms with Crippen molar-refractivity contribution in [2.75, 3.05) is 11.9 Å². The van der Waals surface area contributed by atoms with Crippen LogP contribution < -0.4 is 10.6 Å². The van der Waals surface area contributed by atoms with Crippen LogP contribution in [0.15, 0.2) is 22.7 Å². The second-order valence-electron chi connectivity index (χ2n) is 6.48. The third kappa shape index (κ3) is 5.13. The van der Waals surface area contributed by atoms with Gasteiger partial charge in [-0.25, -0.2) is 0 Å². The zero-order chi connectivity index (χ0) is 16.9. The van der Waals surface area contributed by atoms with Crippen molar-refractivity contribution < 1.29 is 9.59 Å². The Balaban J connectivity index is 2.68. The standard InChI is InChI=1S/C17H25BrN2O2/c1-11(2)8-9-19-15(21)17(4,5)16(22)20-13-6-7-14(18)12(3)10-13/h6-7,10-11H,8-9H2,1-5H3,(H,19,21)(H,20,22). The second-order valence-corrected chi connectivity index (χ2v) is 7.34. The van der Waals surface area contributed by atoms with E-state index in [1.165, 1.54) is 0 Å². The molecule has 0 atom stereocenters. The first-order valence-corrected chi connectivity index (χ1v) is 8.29. The summed E-state index contributed by atoms with van der Waals surface area (Å²) in [7, 11) is 0. The summed E-state index contributed by atoms with van der Waals surface area (Å²) in [6.07, 6.45) is 0.898. The Morgan fingerprint density at radius 3 is 2.41 bits per heavy atom. The molecular weight excluding hydrogens is 344 g/mol. The molecule has 0 aliphatic rings. The van der Waals surface area contributed by atoms with Crippen molar-refractivity contribution in [3.05, 3.63) is 28.2 Å². The molecule has 0 aliphatic carbocycles. The molecule has 0 spiro atoms. The Hall–Kier alpha value is -1.36. The van der Waals surface area contributed by atoms with E-state index in [0.717, 1.165) is 16.5 Å². The molecule has 0 aliphatic heterocycles. The number of benzene rings is 1. The van der Waals surface area contributed by atoms with Gasteiger partial charge in [-0.1, -0.05) is 29.8 Å². The molecule has 0 unspecified atom stereocenters. The fourth-order valence-corrected chi connectivity index (χ4v) is 2.05. The minimum Gasteiger partial charge on any atom is -0.355 e. The van der Waals surface area contributed by atoms with Crippen molar-refractivity contribution in [2.45, 2.75) is 41.0 Å². The normalized spacial score (nSPS) is 11.4. The van der Waals surface area contributed by atoms with Crippen LogP contribution in [0.1, 0.15) is 39.7 Å². The number of hydrogen-bond acceptors (Lipinski definition) is 2. The average molecular weight is 369 g/mol. The largest absolute Gasteiger partial charge is 0.355 e. The first kappa shape index (κ1) is 18.7. The molecule has 0 fully saturated rings. The fraction of sp³-hybridized carbons (Fsp3) is 0.529. The van der Waals surface area contributed by atoms with Crippen LogP contribution in [0.5, 0.6) is 0 Å². The van der Waals surface area contributed by atoms with Crippen LogP contribution in [0.2, 0.25) is 0 Å².